The van der Waals surface area contributed by atoms with Crippen LogP contribution in [0, 0.1) is 5.92 Å². The van der Waals surface area contributed by atoms with Crippen molar-refractivity contribution in [1.82, 2.24) is 14.7 Å². The number of carbonyl (C=O) groups is 2. The van der Waals surface area contributed by atoms with E-state index in [1.807, 2.05) is 9.80 Å². The molecule has 2 heterocycles. The highest BCUT2D eigenvalue weighted by molar-refractivity contribution is 5.97. The molecule has 1 unspecified atom stereocenters. The zero-order valence-corrected chi connectivity index (χ0v) is 13.6. The Kier molecular flexibility index (Phi) is 4.81. The van der Waals surface area contributed by atoms with Crippen LogP contribution in [0.25, 0.3) is 0 Å². The van der Waals surface area contributed by atoms with Crippen molar-refractivity contribution in [3.63, 3.8) is 0 Å². The Hall–Kier alpha value is -1.36. The van der Waals surface area contributed by atoms with Gasteiger partial charge < -0.3 is 14.7 Å². The fourth-order valence-electron chi connectivity index (χ4n) is 3.84. The summed E-state index contributed by atoms with van der Waals surface area (Å²) in [6.07, 6.45) is 8.03. The molecule has 3 aliphatic rings. The predicted octanol–water partition coefficient (Wildman–Crippen LogP) is 1.46. The third-order valence-corrected chi connectivity index (χ3v) is 5.23. The van der Waals surface area contributed by atoms with Crippen LogP contribution >= 0.6 is 0 Å². The van der Waals surface area contributed by atoms with E-state index in [0.717, 1.165) is 45.6 Å². The number of fused-ring (bicyclic) bond motifs is 1. The lowest BCUT2D eigenvalue weighted by Crippen LogP contribution is -2.48. The zero-order valence-electron chi connectivity index (χ0n) is 13.6. The second-order valence-electron chi connectivity index (χ2n) is 6.81. The van der Waals surface area contributed by atoms with E-state index in [9.17, 15) is 9.59 Å². The van der Waals surface area contributed by atoms with Gasteiger partial charge in [0.05, 0.1) is 0 Å². The molecule has 1 aliphatic carbocycles. The van der Waals surface area contributed by atoms with Gasteiger partial charge in [-0.15, -0.1) is 0 Å². The van der Waals surface area contributed by atoms with Gasteiger partial charge in [0, 0.05) is 38.4 Å². The second-order valence-corrected chi connectivity index (χ2v) is 6.81. The molecule has 5 nitrogen and oxygen atoms in total. The van der Waals surface area contributed by atoms with Gasteiger partial charge >= 0.3 is 0 Å². The fourth-order valence-corrected chi connectivity index (χ4v) is 3.84. The van der Waals surface area contributed by atoms with Gasteiger partial charge in [-0.1, -0.05) is 6.08 Å². The molecule has 2 aliphatic heterocycles. The monoisotopic (exact) mass is 305 g/mol. The highest BCUT2D eigenvalue weighted by Crippen LogP contribution is 2.35. The van der Waals surface area contributed by atoms with Crippen molar-refractivity contribution in [2.45, 2.75) is 38.5 Å². The van der Waals surface area contributed by atoms with Crippen LogP contribution in [0.1, 0.15) is 38.5 Å². The number of hydrogen-bond donors (Lipinski definition) is 0. The summed E-state index contributed by atoms with van der Waals surface area (Å²) >= 11 is 0. The van der Waals surface area contributed by atoms with Gasteiger partial charge in [0.15, 0.2) is 0 Å². The molecule has 0 radical (unpaired) electrons. The van der Waals surface area contributed by atoms with E-state index in [0.29, 0.717) is 5.92 Å². The molecule has 2 amide bonds. The third-order valence-electron chi connectivity index (χ3n) is 5.23. The molecule has 22 heavy (non-hydrogen) atoms. The highest BCUT2D eigenvalue weighted by Gasteiger charge is 2.32. The molecule has 0 aromatic heterocycles. The first-order valence-electron chi connectivity index (χ1n) is 8.62. The largest absolute Gasteiger partial charge is 0.340 e. The molecule has 0 aromatic rings. The van der Waals surface area contributed by atoms with Crippen molar-refractivity contribution < 1.29 is 9.59 Å². The van der Waals surface area contributed by atoms with Crippen molar-refractivity contribution in [1.29, 1.82) is 0 Å². The molecular weight excluding hydrogens is 278 g/mol. The molecule has 0 bridgehead atoms. The van der Waals surface area contributed by atoms with Crippen LogP contribution in [0.4, 0.5) is 0 Å². The number of rotatable bonds is 2. The molecule has 0 N–H and O–H groups in total. The zero-order chi connectivity index (χ0) is 15.5. The maximum Gasteiger partial charge on any atom is 0.236 e. The molecule has 0 saturated carbocycles. The fraction of sp³-hybridized carbons (Fsp3) is 0.765. The molecule has 3 rings (SSSR count). The topological polar surface area (TPSA) is 43.9 Å². The van der Waals surface area contributed by atoms with Crippen molar-refractivity contribution >= 4 is 11.8 Å². The minimum absolute atomic E-state index is 0.00165. The van der Waals surface area contributed by atoms with E-state index >= 15 is 0 Å². The van der Waals surface area contributed by atoms with Crippen molar-refractivity contribution in [3.05, 3.63) is 11.8 Å². The number of hydrogen-bond acceptors (Lipinski definition) is 3. The van der Waals surface area contributed by atoms with Gasteiger partial charge in [0.25, 0.3) is 0 Å². The molecule has 0 spiro atoms. The lowest BCUT2D eigenvalue weighted by molar-refractivity contribution is -0.141. The molecule has 5 heteroatoms. The summed E-state index contributed by atoms with van der Waals surface area (Å²) in [6, 6.07) is 0. The van der Waals surface area contributed by atoms with E-state index in [1.165, 1.54) is 25.0 Å². The van der Waals surface area contributed by atoms with Crippen LogP contribution in [0.2, 0.25) is 0 Å². The van der Waals surface area contributed by atoms with E-state index < -0.39 is 0 Å². The number of likely N-dealkylation sites (tertiary alicyclic amines) is 1. The van der Waals surface area contributed by atoms with Crippen LogP contribution in [0.15, 0.2) is 11.8 Å². The normalized spacial score (nSPS) is 26.4. The molecule has 2 fully saturated rings. The number of allylic oxidation sites excluding steroid dienone is 2. The maximum absolute atomic E-state index is 12.6. The van der Waals surface area contributed by atoms with Gasteiger partial charge in [-0.25, -0.2) is 0 Å². The number of carbonyl (C=O) groups excluding carboxylic acids is 2. The number of likely N-dealkylation sites (N-methyl/N-ethyl adjacent to an activating group) is 1. The Balaban J connectivity index is 1.59. The van der Waals surface area contributed by atoms with Gasteiger partial charge in [0.2, 0.25) is 11.8 Å². The summed E-state index contributed by atoms with van der Waals surface area (Å²) in [4.78, 5) is 30.9. The number of nitrogens with zero attached hydrogens (tertiary/aromatic N) is 3. The summed E-state index contributed by atoms with van der Waals surface area (Å²) in [6.45, 7) is 4.08. The van der Waals surface area contributed by atoms with E-state index in [1.54, 1.807) is 0 Å². The highest BCUT2D eigenvalue weighted by atomic mass is 16.2. The van der Waals surface area contributed by atoms with Gasteiger partial charge in [-0.3, -0.25) is 9.59 Å². The summed E-state index contributed by atoms with van der Waals surface area (Å²) in [5.41, 5.74) is 1.20. The summed E-state index contributed by atoms with van der Waals surface area (Å²) in [5.74, 6) is 0.545. The van der Waals surface area contributed by atoms with Crippen LogP contribution in [-0.2, 0) is 9.59 Å². The Morgan fingerprint density at radius 2 is 1.77 bits per heavy atom. The van der Waals surface area contributed by atoms with Crippen LogP contribution < -0.4 is 0 Å². The summed E-state index contributed by atoms with van der Waals surface area (Å²) in [7, 11) is 2.07. The maximum atomic E-state index is 12.6. The van der Waals surface area contributed by atoms with Crippen LogP contribution in [-0.4, -0.2) is 66.3 Å². The van der Waals surface area contributed by atoms with Gasteiger partial charge in [0.1, 0.15) is 6.42 Å². The van der Waals surface area contributed by atoms with Crippen molar-refractivity contribution in [2.24, 2.45) is 5.92 Å². The molecular formula is C17H27N3O2. The van der Waals surface area contributed by atoms with E-state index in [4.69, 9.17) is 0 Å². The van der Waals surface area contributed by atoms with Crippen molar-refractivity contribution in [2.75, 3.05) is 39.8 Å². The van der Waals surface area contributed by atoms with Crippen LogP contribution in [0.5, 0.6) is 0 Å². The average Bonchev–Trinajstić information content (AvgIpc) is 2.54. The smallest absolute Gasteiger partial charge is 0.236 e. The number of piperidine rings is 1. The Bertz CT molecular complexity index is 467. The van der Waals surface area contributed by atoms with Gasteiger partial charge in [-0.2, -0.15) is 0 Å². The Morgan fingerprint density at radius 1 is 1.05 bits per heavy atom. The molecule has 2 saturated heterocycles. The second kappa shape index (κ2) is 6.82. The first-order chi connectivity index (χ1) is 10.6. The molecule has 0 aromatic carbocycles. The Labute approximate surface area is 132 Å². The third kappa shape index (κ3) is 3.35. The quantitative estimate of drug-likeness (QED) is 0.726. The number of amides is 2. The summed E-state index contributed by atoms with van der Waals surface area (Å²) < 4.78 is 0. The minimum Gasteiger partial charge on any atom is -0.340 e. The Morgan fingerprint density at radius 3 is 2.55 bits per heavy atom. The first-order valence-corrected chi connectivity index (χ1v) is 8.62. The standard InChI is InChI=1S/C17H27N3O2/c1-18-9-11-19(12-10-18)16(21)13-17(22)20-8-4-6-14-5-2-3-7-15(14)20/h7,14H,2-6,8-13H2,1H3. The van der Waals surface area contributed by atoms with Gasteiger partial charge in [-0.05, 0) is 45.1 Å². The lowest BCUT2D eigenvalue weighted by atomic mass is 9.85. The van der Waals surface area contributed by atoms with Crippen molar-refractivity contribution in [3.8, 4) is 0 Å². The van der Waals surface area contributed by atoms with E-state index in [2.05, 4.69) is 18.0 Å². The lowest BCUT2D eigenvalue weighted by Gasteiger charge is -2.38. The first kappa shape index (κ1) is 15.5. The summed E-state index contributed by atoms with van der Waals surface area (Å²) in [5, 5.41) is 0. The SMILES string of the molecule is CN1CCN(C(=O)CC(=O)N2CCCC3CCCC=C32)CC1. The number of piperazine rings is 1. The average molecular weight is 305 g/mol. The molecule has 122 valence electrons. The van der Waals surface area contributed by atoms with E-state index in [-0.39, 0.29) is 18.2 Å². The van der Waals surface area contributed by atoms with Crippen LogP contribution in [0.3, 0.4) is 0 Å². The predicted molar refractivity (Wildman–Crippen MR) is 85.1 cm³/mol. The minimum atomic E-state index is -0.00312. The molecule has 1 atom stereocenters.